The first-order valence-electron chi connectivity index (χ1n) is 6.23. The monoisotopic (exact) mass is 326 g/mol. The molecule has 0 bridgehead atoms. The number of hydrogen-bond acceptors (Lipinski definition) is 2. The number of rotatable bonds is 5. The summed E-state index contributed by atoms with van der Waals surface area (Å²) >= 11 is 3.22. The molecule has 1 N–H and O–H groups in total. The summed E-state index contributed by atoms with van der Waals surface area (Å²) in [4.78, 5) is 4.04. The maximum absolute atomic E-state index is 13.7. The molecule has 1 atom stereocenters. The van der Waals surface area contributed by atoms with Gasteiger partial charge in [-0.1, -0.05) is 28.9 Å². The molecule has 1 aromatic carbocycles. The number of aliphatic hydroxyl groups is 1. The van der Waals surface area contributed by atoms with E-state index in [1.807, 2.05) is 4.57 Å². The lowest BCUT2D eigenvalue weighted by Gasteiger charge is -2.14. The molecule has 0 amide bonds. The maximum atomic E-state index is 13.7. The Morgan fingerprint density at radius 2 is 2.26 bits per heavy atom. The van der Waals surface area contributed by atoms with Gasteiger partial charge in [-0.15, -0.1) is 0 Å². The van der Waals surface area contributed by atoms with Gasteiger partial charge in [-0.05, 0) is 24.1 Å². The molecule has 0 saturated heterocycles. The number of nitrogens with zero attached hydrogens (tertiary/aromatic N) is 2. The summed E-state index contributed by atoms with van der Waals surface area (Å²) in [5.74, 6) is -0.310. The normalized spacial score (nSPS) is 12.6. The number of aliphatic hydroxyl groups excluding tert-OH is 1. The number of aryl methyl sites for hydroxylation is 1. The van der Waals surface area contributed by atoms with Crippen LogP contribution in [0.1, 0.15) is 30.7 Å². The fourth-order valence-corrected chi connectivity index (χ4v) is 2.37. The molecule has 0 aliphatic carbocycles. The molecule has 0 spiro atoms. The Kier molecular flexibility index (Phi) is 4.71. The van der Waals surface area contributed by atoms with Crippen molar-refractivity contribution >= 4 is 15.9 Å². The summed E-state index contributed by atoms with van der Waals surface area (Å²) in [7, 11) is 0. The van der Waals surface area contributed by atoms with E-state index in [0.29, 0.717) is 10.0 Å². The molecule has 1 aromatic heterocycles. The smallest absolute Gasteiger partial charge is 0.127 e. The number of aromatic nitrogens is 2. The third kappa shape index (κ3) is 3.42. The van der Waals surface area contributed by atoms with Crippen LogP contribution in [0.3, 0.4) is 0 Å². The molecule has 0 saturated carbocycles. The van der Waals surface area contributed by atoms with Crippen molar-refractivity contribution in [3.63, 3.8) is 0 Å². The number of hydrogen-bond donors (Lipinski definition) is 1. The van der Waals surface area contributed by atoms with E-state index in [1.54, 1.807) is 24.7 Å². The lowest BCUT2D eigenvalue weighted by atomic mass is 10.1. The molecule has 1 unspecified atom stereocenters. The molecule has 19 heavy (non-hydrogen) atoms. The predicted octanol–water partition coefficient (Wildman–Crippen LogP) is 3.47. The highest BCUT2D eigenvalue weighted by Gasteiger charge is 2.15. The molecule has 0 aliphatic rings. The Balaban J connectivity index is 2.16. The molecule has 2 aromatic rings. The first-order valence-corrected chi connectivity index (χ1v) is 7.03. The van der Waals surface area contributed by atoms with Crippen molar-refractivity contribution in [2.24, 2.45) is 0 Å². The van der Waals surface area contributed by atoms with Gasteiger partial charge in [-0.2, -0.15) is 0 Å². The van der Waals surface area contributed by atoms with Gasteiger partial charge in [0.1, 0.15) is 5.82 Å². The molecule has 5 heteroatoms. The molecule has 1 heterocycles. The molecular formula is C14H16BrFN2O. The van der Waals surface area contributed by atoms with Gasteiger partial charge in [0.25, 0.3) is 0 Å². The second-order valence-electron chi connectivity index (χ2n) is 4.47. The molecule has 0 radical (unpaired) electrons. The highest BCUT2D eigenvalue weighted by atomic mass is 79.9. The van der Waals surface area contributed by atoms with Crippen molar-refractivity contribution in [3.8, 4) is 0 Å². The fourth-order valence-electron chi connectivity index (χ4n) is 2.04. The van der Waals surface area contributed by atoms with Crippen LogP contribution < -0.4 is 0 Å². The minimum atomic E-state index is -0.746. The Labute approximate surface area is 120 Å². The summed E-state index contributed by atoms with van der Waals surface area (Å²) in [6, 6.07) is 4.86. The van der Waals surface area contributed by atoms with Crippen molar-refractivity contribution in [3.05, 3.63) is 52.3 Å². The van der Waals surface area contributed by atoms with Crippen molar-refractivity contribution < 1.29 is 9.50 Å². The second-order valence-corrected chi connectivity index (χ2v) is 5.38. The summed E-state index contributed by atoms with van der Waals surface area (Å²) in [5, 5.41) is 10.2. The Hall–Kier alpha value is -1.20. The maximum Gasteiger partial charge on any atom is 0.127 e. The van der Waals surface area contributed by atoms with Crippen LogP contribution in [0.5, 0.6) is 0 Å². The number of halogens is 2. The van der Waals surface area contributed by atoms with Crippen molar-refractivity contribution in [2.75, 3.05) is 0 Å². The zero-order chi connectivity index (χ0) is 13.8. The zero-order valence-electron chi connectivity index (χ0n) is 10.7. The van der Waals surface area contributed by atoms with E-state index >= 15 is 0 Å². The topological polar surface area (TPSA) is 38.0 Å². The average molecular weight is 327 g/mol. The van der Waals surface area contributed by atoms with Gasteiger partial charge in [-0.3, -0.25) is 0 Å². The van der Waals surface area contributed by atoms with Crippen LogP contribution in [-0.2, 0) is 13.0 Å². The molecular weight excluding hydrogens is 311 g/mol. The highest BCUT2D eigenvalue weighted by molar-refractivity contribution is 9.10. The van der Waals surface area contributed by atoms with Gasteiger partial charge in [0.15, 0.2) is 0 Å². The summed E-state index contributed by atoms with van der Waals surface area (Å²) in [6.45, 7) is 2.86. The molecule has 102 valence electrons. The third-order valence-corrected chi connectivity index (χ3v) is 3.47. The van der Waals surface area contributed by atoms with Gasteiger partial charge in [0.2, 0.25) is 0 Å². The zero-order valence-corrected chi connectivity index (χ0v) is 12.3. The van der Waals surface area contributed by atoms with Crippen LogP contribution in [-0.4, -0.2) is 14.7 Å². The summed E-state index contributed by atoms with van der Waals surface area (Å²) < 4.78 is 16.3. The lowest BCUT2D eigenvalue weighted by molar-refractivity contribution is 0.167. The Morgan fingerprint density at radius 1 is 1.47 bits per heavy atom. The van der Waals surface area contributed by atoms with Crippen LogP contribution in [0.25, 0.3) is 0 Å². The first kappa shape index (κ1) is 14.2. The number of benzene rings is 1. The first-order chi connectivity index (χ1) is 9.11. The van der Waals surface area contributed by atoms with E-state index < -0.39 is 6.10 Å². The van der Waals surface area contributed by atoms with Gasteiger partial charge < -0.3 is 9.67 Å². The van der Waals surface area contributed by atoms with Crippen LogP contribution in [0.4, 0.5) is 4.39 Å². The summed E-state index contributed by atoms with van der Waals surface area (Å²) in [5.41, 5.74) is 1.23. The van der Waals surface area contributed by atoms with E-state index in [-0.39, 0.29) is 12.2 Å². The van der Waals surface area contributed by atoms with Crippen molar-refractivity contribution in [2.45, 2.75) is 32.4 Å². The quantitative estimate of drug-likeness (QED) is 0.913. The third-order valence-electron chi connectivity index (χ3n) is 2.98. The standard InChI is InChI=1S/C14H16BrFN2O/c1-2-5-18-9-17-8-13(18)14(19)6-10-3-4-11(15)7-12(10)16/h3-4,7-9,14,19H,2,5-6H2,1H3. The largest absolute Gasteiger partial charge is 0.386 e. The van der Waals surface area contributed by atoms with Gasteiger partial charge >= 0.3 is 0 Å². The Bertz CT molecular complexity index is 556. The van der Waals surface area contributed by atoms with Crippen molar-refractivity contribution in [1.82, 2.24) is 9.55 Å². The molecule has 3 nitrogen and oxygen atoms in total. The van der Waals surface area contributed by atoms with Crippen LogP contribution in [0.15, 0.2) is 35.2 Å². The minimum absolute atomic E-state index is 0.245. The molecule has 2 rings (SSSR count). The molecule has 0 aliphatic heterocycles. The minimum Gasteiger partial charge on any atom is -0.386 e. The van der Waals surface area contributed by atoms with E-state index in [2.05, 4.69) is 27.8 Å². The fraction of sp³-hybridized carbons (Fsp3) is 0.357. The van der Waals surface area contributed by atoms with Crippen molar-refractivity contribution in [1.29, 1.82) is 0 Å². The van der Waals surface area contributed by atoms with E-state index in [9.17, 15) is 9.50 Å². The molecule has 0 fully saturated rings. The average Bonchev–Trinajstić information content (AvgIpc) is 2.81. The van der Waals surface area contributed by atoms with Crippen LogP contribution in [0, 0.1) is 5.82 Å². The van der Waals surface area contributed by atoms with Crippen LogP contribution >= 0.6 is 15.9 Å². The van der Waals surface area contributed by atoms with Gasteiger partial charge in [0, 0.05) is 17.4 Å². The SMILES string of the molecule is CCCn1cncc1C(O)Cc1ccc(Br)cc1F. The predicted molar refractivity (Wildman–Crippen MR) is 75.3 cm³/mol. The van der Waals surface area contributed by atoms with E-state index in [0.717, 1.165) is 18.7 Å². The number of imidazole rings is 1. The van der Waals surface area contributed by atoms with Gasteiger partial charge in [0.05, 0.1) is 24.3 Å². The van der Waals surface area contributed by atoms with E-state index in [4.69, 9.17) is 0 Å². The summed E-state index contributed by atoms with van der Waals surface area (Å²) in [6.07, 6.45) is 3.79. The van der Waals surface area contributed by atoms with Gasteiger partial charge in [-0.25, -0.2) is 9.37 Å². The highest BCUT2D eigenvalue weighted by Crippen LogP contribution is 2.22. The van der Waals surface area contributed by atoms with E-state index in [1.165, 1.54) is 6.07 Å². The lowest BCUT2D eigenvalue weighted by Crippen LogP contribution is -2.10. The second kappa shape index (κ2) is 6.30. The Morgan fingerprint density at radius 3 is 2.95 bits per heavy atom. The van der Waals surface area contributed by atoms with Crippen LogP contribution in [0.2, 0.25) is 0 Å².